The van der Waals surface area contributed by atoms with Gasteiger partial charge in [-0.15, -0.1) is 0 Å². The number of carbonyl (C=O) groups is 1. The first kappa shape index (κ1) is 12.0. The normalized spacial score (nSPS) is 14.5. The highest BCUT2D eigenvalue weighted by Gasteiger charge is 2.32. The van der Waals surface area contributed by atoms with Gasteiger partial charge in [0.2, 0.25) is 0 Å². The first-order valence-electron chi connectivity index (χ1n) is 6.20. The minimum Gasteiger partial charge on any atom is -0.494 e. The van der Waals surface area contributed by atoms with Gasteiger partial charge in [-0.3, -0.25) is 4.79 Å². The summed E-state index contributed by atoms with van der Waals surface area (Å²) in [7, 11) is 0. The average molecular weight is 234 g/mol. The van der Waals surface area contributed by atoms with Crippen molar-refractivity contribution in [1.29, 1.82) is 0 Å². The molecule has 0 spiro atoms. The molecule has 0 saturated heterocycles. The van der Waals surface area contributed by atoms with E-state index in [0.717, 1.165) is 18.6 Å². The molecule has 1 aromatic rings. The lowest BCUT2D eigenvalue weighted by Crippen LogP contribution is -2.06. The Kier molecular flexibility index (Phi) is 3.67. The Labute approximate surface area is 102 Å². The van der Waals surface area contributed by atoms with Crippen LogP contribution >= 0.6 is 0 Å². The van der Waals surface area contributed by atoms with Crippen molar-refractivity contribution in [3.05, 3.63) is 23.8 Å². The maximum atomic E-state index is 12.1. The fraction of sp³-hybridized carbons (Fsp3) is 0.500. The second kappa shape index (κ2) is 5.21. The maximum absolute atomic E-state index is 12.1. The van der Waals surface area contributed by atoms with E-state index in [0.29, 0.717) is 24.5 Å². The minimum absolute atomic E-state index is 0.205. The van der Waals surface area contributed by atoms with Crippen molar-refractivity contribution in [2.45, 2.75) is 26.7 Å². The number of benzene rings is 1. The van der Waals surface area contributed by atoms with Gasteiger partial charge in [0.1, 0.15) is 11.5 Å². The Morgan fingerprint density at radius 3 is 2.53 bits per heavy atom. The fourth-order valence-corrected chi connectivity index (χ4v) is 1.80. The van der Waals surface area contributed by atoms with Crippen LogP contribution in [0.3, 0.4) is 0 Å². The molecule has 0 atom stereocenters. The van der Waals surface area contributed by atoms with Crippen molar-refractivity contribution in [3.63, 3.8) is 0 Å². The first-order chi connectivity index (χ1) is 8.26. The van der Waals surface area contributed by atoms with E-state index in [1.807, 2.05) is 32.0 Å². The number of ether oxygens (including phenoxy) is 2. The molecule has 3 heteroatoms. The zero-order valence-corrected chi connectivity index (χ0v) is 10.4. The fourth-order valence-electron chi connectivity index (χ4n) is 1.80. The van der Waals surface area contributed by atoms with Crippen LogP contribution in [0.5, 0.6) is 11.5 Å². The van der Waals surface area contributed by atoms with E-state index in [2.05, 4.69) is 0 Å². The highest BCUT2D eigenvalue weighted by molar-refractivity contribution is 6.01. The van der Waals surface area contributed by atoms with Gasteiger partial charge in [0.05, 0.1) is 18.8 Å². The molecule has 0 bridgehead atoms. The van der Waals surface area contributed by atoms with Gasteiger partial charge in [-0.1, -0.05) is 0 Å². The van der Waals surface area contributed by atoms with E-state index >= 15 is 0 Å². The lowest BCUT2D eigenvalue weighted by Gasteiger charge is -2.11. The lowest BCUT2D eigenvalue weighted by molar-refractivity contribution is 0.0964. The molecule has 1 aliphatic rings. The van der Waals surface area contributed by atoms with Crippen molar-refractivity contribution in [2.75, 3.05) is 13.2 Å². The summed E-state index contributed by atoms with van der Waals surface area (Å²) in [5.41, 5.74) is 0.692. The molecule has 0 radical (unpaired) electrons. The highest BCUT2D eigenvalue weighted by atomic mass is 16.5. The third-order valence-corrected chi connectivity index (χ3v) is 2.78. The molecule has 0 amide bonds. The van der Waals surface area contributed by atoms with Gasteiger partial charge < -0.3 is 9.47 Å². The summed E-state index contributed by atoms with van der Waals surface area (Å²) in [5, 5.41) is 0. The summed E-state index contributed by atoms with van der Waals surface area (Å²) >= 11 is 0. The molecule has 1 fully saturated rings. The van der Waals surface area contributed by atoms with Gasteiger partial charge in [0.15, 0.2) is 5.78 Å². The van der Waals surface area contributed by atoms with Crippen molar-refractivity contribution in [1.82, 2.24) is 0 Å². The van der Waals surface area contributed by atoms with Crippen LogP contribution in [-0.2, 0) is 0 Å². The summed E-state index contributed by atoms with van der Waals surface area (Å²) in [6, 6.07) is 5.46. The summed E-state index contributed by atoms with van der Waals surface area (Å²) in [6.45, 7) is 5.02. The Morgan fingerprint density at radius 2 is 1.94 bits per heavy atom. The molecule has 0 N–H and O–H groups in total. The SMILES string of the molecule is CCOc1ccc(C(=O)C2CC2)c(OCC)c1. The van der Waals surface area contributed by atoms with Crippen LogP contribution in [0.15, 0.2) is 18.2 Å². The van der Waals surface area contributed by atoms with Crippen molar-refractivity contribution in [2.24, 2.45) is 5.92 Å². The summed E-state index contributed by atoms with van der Waals surface area (Å²) in [6.07, 6.45) is 2.02. The molecule has 1 saturated carbocycles. The second-order valence-electron chi connectivity index (χ2n) is 4.16. The minimum atomic E-state index is 0.205. The first-order valence-corrected chi connectivity index (χ1v) is 6.20. The topological polar surface area (TPSA) is 35.5 Å². The molecule has 0 aliphatic heterocycles. The van der Waals surface area contributed by atoms with Crippen molar-refractivity contribution < 1.29 is 14.3 Å². The van der Waals surface area contributed by atoms with Crippen LogP contribution in [0.4, 0.5) is 0 Å². The number of rotatable bonds is 6. The number of hydrogen-bond donors (Lipinski definition) is 0. The van der Waals surface area contributed by atoms with E-state index in [1.54, 1.807) is 0 Å². The molecule has 1 aliphatic carbocycles. The molecule has 92 valence electrons. The van der Waals surface area contributed by atoms with Gasteiger partial charge in [-0.05, 0) is 38.8 Å². The van der Waals surface area contributed by atoms with E-state index in [-0.39, 0.29) is 11.7 Å². The number of carbonyl (C=O) groups excluding carboxylic acids is 1. The predicted molar refractivity (Wildman–Crippen MR) is 65.8 cm³/mol. The Bertz CT molecular complexity index is 408. The zero-order chi connectivity index (χ0) is 12.3. The predicted octanol–water partition coefficient (Wildman–Crippen LogP) is 3.08. The third kappa shape index (κ3) is 2.78. The van der Waals surface area contributed by atoms with Crippen LogP contribution in [-0.4, -0.2) is 19.0 Å². The smallest absolute Gasteiger partial charge is 0.169 e. The Balaban J connectivity index is 2.26. The quantitative estimate of drug-likeness (QED) is 0.709. The summed E-state index contributed by atoms with van der Waals surface area (Å²) in [4.78, 5) is 12.1. The van der Waals surface area contributed by atoms with Crippen LogP contribution in [0, 0.1) is 5.92 Å². The van der Waals surface area contributed by atoms with Gasteiger partial charge in [-0.25, -0.2) is 0 Å². The summed E-state index contributed by atoms with van der Waals surface area (Å²) in [5.74, 6) is 1.82. The molecule has 0 unspecified atom stereocenters. The molecule has 3 nitrogen and oxygen atoms in total. The van der Waals surface area contributed by atoms with E-state index in [4.69, 9.17) is 9.47 Å². The van der Waals surface area contributed by atoms with Gasteiger partial charge in [0.25, 0.3) is 0 Å². The highest BCUT2D eigenvalue weighted by Crippen LogP contribution is 2.36. The number of hydrogen-bond acceptors (Lipinski definition) is 3. The second-order valence-corrected chi connectivity index (χ2v) is 4.16. The van der Waals surface area contributed by atoms with Crippen LogP contribution in [0.25, 0.3) is 0 Å². The number of ketones is 1. The number of Topliss-reactive ketones (excluding diaryl/α,β-unsaturated/α-hetero) is 1. The molecule has 2 rings (SSSR count). The molecule has 17 heavy (non-hydrogen) atoms. The van der Waals surface area contributed by atoms with Gasteiger partial charge in [0, 0.05) is 12.0 Å². The molecular weight excluding hydrogens is 216 g/mol. The maximum Gasteiger partial charge on any atom is 0.169 e. The molecule has 0 heterocycles. The standard InChI is InChI=1S/C14H18O3/c1-3-16-11-7-8-12(13(9-11)17-4-2)14(15)10-5-6-10/h7-10H,3-6H2,1-2H3. The Morgan fingerprint density at radius 1 is 1.24 bits per heavy atom. The monoisotopic (exact) mass is 234 g/mol. The van der Waals surface area contributed by atoms with E-state index < -0.39 is 0 Å². The van der Waals surface area contributed by atoms with E-state index in [1.165, 1.54) is 0 Å². The molecule has 0 aromatic heterocycles. The van der Waals surface area contributed by atoms with Crippen molar-refractivity contribution in [3.8, 4) is 11.5 Å². The van der Waals surface area contributed by atoms with Crippen LogP contribution in [0.1, 0.15) is 37.0 Å². The summed E-state index contributed by atoms with van der Waals surface area (Å²) < 4.78 is 10.9. The van der Waals surface area contributed by atoms with Crippen LogP contribution < -0.4 is 9.47 Å². The van der Waals surface area contributed by atoms with Crippen LogP contribution in [0.2, 0.25) is 0 Å². The Hall–Kier alpha value is -1.51. The third-order valence-electron chi connectivity index (χ3n) is 2.78. The average Bonchev–Trinajstić information content (AvgIpc) is 3.13. The molecular formula is C14H18O3. The van der Waals surface area contributed by atoms with Crippen molar-refractivity contribution >= 4 is 5.78 Å². The van der Waals surface area contributed by atoms with Gasteiger partial charge in [-0.2, -0.15) is 0 Å². The molecule has 1 aromatic carbocycles. The zero-order valence-electron chi connectivity index (χ0n) is 10.4. The lowest BCUT2D eigenvalue weighted by atomic mass is 10.1. The largest absolute Gasteiger partial charge is 0.494 e. The van der Waals surface area contributed by atoms with Gasteiger partial charge >= 0.3 is 0 Å². The van der Waals surface area contributed by atoms with E-state index in [9.17, 15) is 4.79 Å².